The van der Waals surface area contributed by atoms with Gasteiger partial charge in [-0.1, -0.05) is 26.7 Å². The SMILES string of the molecule is CCCC(O)(CCC)CC(=O)N1C(C)CCC1C. The Hall–Kier alpha value is -0.570. The van der Waals surface area contributed by atoms with Gasteiger partial charge in [0.15, 0.2) is 0 Å². The molecule has 18 heavy (non-hydrogen) atoms. The van der Waals surface area contributed by atoms with E-state index in [1.54, 1.807) is 0 Å². The van der Waals surface area contributed by atoms with E-state index in [9.17, 15) is 9.90 Å². The lowest BCUT2D eigenvalue weighted by Crippen LogP contribution is -2.43. The second kappa shape index (κ2) is 6.55. The summed E-state index contributed by atoms with van der Waals surface area (Å²) in [6.45, 7) is 8.35. The number of aliphatic hydroxyl groups is 1. The van der Waals surface area contributed by atoms with Crippen LogP contribution in [0.25, 0.3) is 0 Å². The summed E-state index contributed by atoms with van der Waals surface area (Å²) in [5.41, 5.74) is -0.789. The van der Waals surface area contributed by atoms with E-state index < -0.39 is 5.60 Å². The lowest BCUT2D eigenvalue weighted by molar-refractivity contribution is -0.139. The molecular weight excluding hydrogens is 226 g/mol. The molecule has 1 amide bonds. The van der Waals surface area contributed by atoms with Gasteiger partial charge in [0.1, 0.15) is 0 Å². The zero-order valence-electron chi connectivity index (χ0n) is 12.4. The number of amides is 1. The summed E-state index contributed by atoms with van der Waals surface area (Å²) in [4.78, 5) is 14.4. The highest BCUT2D eigenvalue weighted by Crippen LogP contribution is 2.29. The van der Waals surface area contributed by atoms with Gasteiger partial charge in [-0.2, -0.15) is 0 Å². The number of nitrogens with zero attached hydrogens (tertiary/aromatic N) is 1. The van der Waals surface area contributed by atoms with Crippen LogP contribution < -0.4 is 0 Å². The summed E-state index contributed by atoms with van der Waals surface area (Å²) < 4.78 is 0. The highest BCUT2D eigenvalue weighted by atomic mass is 16.3. The standard InChI is InChI=1S/C15H29NO2/c1-5-9-15(18,10-6-2)11-14(17)16-12(3)7-8-13(16)4/h12-13,18H,5-11H2,1-4H3. The van der Waals surface area contributed by atoms with Gasteiger partial charge in [0.05, 0.1) is 12.0 Å². The third kappa shape index (κ3) is 3.71. The van der Waals surface area contributed by atoms with Crippen LogP contribution in [-0.2, 0) is 4.79 Å². The Morgan fingerprint density at radius 3 is 2.00 bits per heavy atom. The molecule has 2 unspecified atom stereocenters. The molecule has 2 atom stereocenters. The number of carbonyl (C=O) groups excluding carboxylic acids is 1. The fraction of sp³-hybridized carbons (Fsp3) is 0.933. The molecule has 1 N–H and O–H groups in total. The van der Waals surface area contributed by atoms with Crippen molar-refractivity contribution in [3.63, 3.8) is 0 Å². The monoisotopic (exact) mass is 255 g/mol. The van der Waals surface area contributed by atoms with Gasteiger partial charge >= 0.3 is 0 Å². The van der Waals surface area contributed by atoms with E-state index in [-0.39, 0.29) is 5.91 Å². The largest absolute Gasteiger partial charge is 0.389 e. The van der Waals surface area contributed by atoms with E-state index >= 15 is 0 Å². The maximum atomic E-state index is 12.4. The summed E-state index contributed by atoms with van der Waals surface area (Å²) in [7, 11) is 0. The summed E-state index contributed by atoms with van der Waals surface area (Å²) in [5, 5.41) is 10.6. The number of likely N-dealkylation sites (tertiary alicyclic amines) is 1. The van der Waals surface area contributed by atoms with E-state index in [0.717, 1.165) is 38.5 Å². The van der Waals surface area contributed by atoms with Crippen LogP contribution in [-0.4, -0.2) is 33.6 Å². The average Bonchev–Trinajstić information content (AvgIpc) is 2.58. The molecule has 1 heterocycles. The molecule has 1 aliphatic rings. The first-order valence-corrected chi connectivity index (χ1v) is 7.47. The molecular formula is C15H29NO2. The van der Waals surface area contributed by atoms with Crippen LogP contribution in [0.3, 0.4) is 0 Å². The number of hydrogen-bond donors (Lipinski definition) is 1. The number of hydrogen-bond acceptors (Lipinski definition) is 2. The minimum absolute atomic E-state index is 0.136. The molecule has 0 aliphatic carbocycles. The molecule has 0 spiro atoms. The Labute approximate surface area is 112 Å². The van der Waals surface area contributed by atoms with Crippen molar-refractivity contribution >= 4 is 5.91 Å². The lowest BCUT2D eigenvalue weighted by atomic mass is 9.88. The minimum Gasteiger partial charge on any atom is -0.389 e. The molecule has 0 bridgehead atoms. The Balaban J connectivity index is 2.66. The predicted molar refractivity (Wildman–Crippen MR) is 74.4 cm³/mol. The van der Waals surface area contributed by atoms with Gasteiger partial charge in [-0.25, -0.2) is 0 Å². The molecule has 0 aromatic heterocycles. The Bertz CT molecular complexity index is 262. The summed E-state index contributed by atoms with van der Waals surface area (Å²) in [5.74, 6) is 0.136. The topological polar surface area (TPSA) is 40.5 Å². The van der Waals surface area contributed by atoms with Crippen LogP contribution in [0.5, 0.6) is 0 Å². The lowest BCUT2D eigenvalue weighted by Gasteiger charge is -2.32. The van der Waals surface area contributed by atoms with Crippen molar-refractivity contribution in [3.8, 4) is 0 Å². The molecule has 0 aromatic carbocycles. The predicted octanol–water partition coefficient (Wildman–Crippen LogP) is 3.11. The van der Waals surface area contributed by atoms with Crippen molar-refractivity contribution < 1.29 is 9.90 Å². The first-order valence-electron chi connectivity index (χ1n) is 7.47. The van der Waals surface area contributed by atoms with Crippen LogP contribution in [0.1, 0.15) is 72.6 Å². The van der Waals surface area contributed by atoms with E-state index in [1.807, 2.05) is 4.90 Å². The van der Waals surface area contributed by atoms with Gasteiger partial charge < -0.3 is 10.0 Å². The first kappa shape index (κ1) is 15.5. The molecule has 0 radical (unpaired) electrons. The van der Waals surface area contributed by atoms with Crippen molar-refractivity contribution in [2.24, 2.45) is 0 Å². The van der Waals surface area contributed by atoms with Crippen molar-refractivity contribution in [2.45, 2.75) is 90.3 Å². The van der Waals surface area contributed by atoms with Crippen LogP contribution in [0.4, 0.5) is 0 Å². The molecule has 1 saturated heterocycles. The van der Waals surface area contributed by atoms with Crippen LogP contribution in [0, 0.1) is 0 Å². The van der Waals surface area contributed by atoms with Gasteiger partial charge in [-0.05, 0) is 39.5 Å². The second-order valence-electron chi connectivity index (χ2n) is 5.98. The Kier molecular flexibility index (Phi) is 5.64. The van der Waals surface area contributed by atoms with Crippen molar-refractivity contribution in [2.75, 3.05) is 0 Å². The van der Waals surface area contributed by atoms with Crippen molar-refractivity contribution in [1.29, 1.82) is 0 Å². The quantitative estimate of drug-likeness (QED) is 0.792. The average molecular weight is 255 g/mol. The third-order valence-electron chi connectivity index (χ3n) is 4.15. The van der Waals surface area contributed by atoms with Crippen molar-refractivity contribution in [3.05, 3.63) is 0 Å². The maximum Gasteiger partial charge on any atom is 0.225 e. The van der Waals surface area contributed by atoms with Gasteiger partial charge in [0, 0.05) is 12.1 Å². The Morgan fingerprint density at radius 1 is 1.17 bits per heavy atom. The van der Waals surface area contributed by atoms with E-state index in [4.69, 9.17) is 0 Å². The Morgan fingerprint density at radius 2 is 1.61 bits per heavy atom. The summed E-state index contributed by atoms with van der Waals surface area (Å²) in [6, 6.07) is 0.667. The number of rotatable bonds is 6. The third-order valence-corrected chi connectivity index (χ3v) is 4.15. The smallest absolute Gasteiger partial charge is 0.225 e. The maximum absolute atomic E-state index is 12.4. The minimum atomic E-state index is -0.789. The summed E-state index contributed by atoms with van der Waals surface area (Å²) in [6.07, 6.45) is 5.78. The van der Waals surface area contributed by atoms with Crippen LogP contribution in [0.2, 0.25) is 0 Å². The number of carbonyl (C=O) groups is 1. The van der Waals surface area contributed by atoms with Crippen LogP contribution in [0.15, 0.2) is 0 Å². The molecule has 0 saturated carbocycles. The highest BCUT2D eigenvalue weighted by molar-refractivity contribution is 5.78. The van der Waals surface area contributed by atoms with E-state index in [1.165, 1.54) is 0 Å². The van der Waals surface area contributed by atoms with Gasteiger partial charge in [0.25, 0.3) is 0 Å². The molecule has 3 heteroatoms. The van der Waals surface area contributed by atoms with Crippen molar-refractivity contribution in [1.82, 2.24) is 4.90 Å². The molecule has 1 fully saturated rings. The molecule has 106 valence electrons. The first-order chi connectivity index (χ1) is 8.43. The molecule has 1 aliphatic heterocycles. The zero-order valence-corrected chi connectivity index (χ0v) is 12.4. The molecule has 1 rings (SSSR count). The molecule has 3 nitrogen and oxygen atoms in total. The fourth-order valence-electron chi connectivity index (χ4n) is 3.29. The fourth-order valence-corrected chi connectivity index (χ4v) is 3.29. The second-order valence-corrected chi connectivity index (χ2v) is 5.98. The zero-order chi connectivity index (χ0) is 13.8. The molecule has 0 aromatic rings. The highest BCUT2D eigenvalue weighted by Gasteiger charge is 2.36. The van der Waals surface area contributed by atoms with Gasteiger partial charge in [0.2, 0.25) is 5.91 Å². The van der Waals surface area contributed by atoms with Crippen LogP contribution >= 0.6 is 0 Å². The summed E-state index contributed by atoms with van der Waals surface area (Å²) >= 11 is 0. The van der Waals surface area contributed by atoms with E-state index in [0.29, 0.717) is 18.5 Å². The van der Waals surface area contributed by atoms with Gasteiger partial charge in [-0.15, -0.1) is 0 Å². The van der Waals surface area contributed by atoms with E-state index in [2.05, 4.69) is 27.7 Å². The van der Waals surface area contributed by atoms with Gasteiger partial charge in [-0.3, -0.25) is 4.79 Å². The normalized spacial score (nSPS) is 24.6.